The van der Waals surface area contributed by atoms with E-state index in [1.54, 1.807) is 18.2 Å². The fraction of sp³-hybridized carbons (Fsp3) is 0. The van der Waals surface area contributed by atoms with Crippen molar-refractivity contribution in [1.29, 1.82) is 0 Å². The predicted octanol–water partition coefficient (Wildman–Crippen LogP) is 5.62. The predicted molar refractivity (Wildman–Crippen MR) is 117 cm³/mol. The minimum absolute atomic E-state index is 0.152. The van der Waals surface area contributed by atoms with Gasteiger partial charge in [0.25, 0.3) is 0 Å². The molecule has 0 unspecified atom stereocenters. The van der Waals surface area contributed by atoms with Gasteiger partial charge in [0.2, 0.25) is 5.95 Å². The molecule has 0 saturated carbocycles. The van der Waals surface area contributed by atoms with Crippen LogP contribution in [0.4, 0.5) is 5.95 Å². The van der Waals surface area contributed by atoms with E-state index in [4.69, 9.17) is 11.6 Å². The molecule has 0 spiro atoms. The molecule has 142 valence electrons. The van der Waals surface area contributed by atoms with E-state index in [9.17, 15) is 5.11 Å². The number of para-hydroxylation sites is 1. The van der Waals surface area contributed by atoms with E-state index >= 15 is 0 Å². The Morgan fingerprint density at radius 2 is 1.41 bits per heavy atom. The number of phenols is 1. The molecule has 0 amide bonds. The van der Waals surface area contributed by atoms with Crippen LogP contribution in [0.1, 0.15) is 5.56 Å². The van der Waals surface area contributed by atoms with Crippen molar-refractivity contribution in [2.75, 3.05) is 5.43 Å². The van der Waals surface area contributed by atoms with Crippen molar-refractivity contribution < 1.29 is 5.11 Å². The van der Waals surface area contributed by atoms with Crippen LogP contribution in [0.3, 0.4) is 0 Å². The maximum atomic E-state index is 9.85. The molecule has 6 heteroatoms. The molecule has 1 heterocycles. The fourth-order valence-corrected chi connectivity index (χ4v) is 2.90. The number of aromatic nitrogens is 2. The Labute approximate surface area is 173 Å². The number of hydrogen-bond donors (Lipinski definition) is 2. The number of nitrogens with one attached hydrogen (secondary N) is 1. The first-order valence-electron chi connectivity index (χ1n) is 8.96. The van der Waals surface area contributed by atoms with Gasteiger partial charge in [0.15, 0.2) is 0 Å². The Balaban J connectivity index is 1.69. The third-order valence-electron chi connectivity index (χ3n) is 4.24. The number of nitrogens with zero attached hydrogens (tertiary/aromatic N) is 3. The first-order valence-corrected chi connectivity index (χ1v) is 9.34. The van der Waals surface area contributed by atoms with Crippen molar-refractivity contribution in [3.8, 4) is 28.3 Å². The van der Waals surface area contributed by atoms with Gasteiger partial charge in [-0.25, -0.2) is 15.4 Å². The average molecular weight is 401 g/mol. The smallest absolute Gasteiger partial charge is 0.244 e. The summed E-state index contributed by atoms with van der Waals surface area (Å²) in [7, 11) is 0. The number of anilines is 1. The maximum Gasteiger partial charge on any atom is 0.244 e. The van der Waals surface area contributed by atoms with Gasteiger partial charge in [-0.05, 0) is 30.3 Å². The molecule has 0 saturated heterocycles. The second-order valence-electron chi connectivity index (χ2n) is 6.26. The summed E-state index contributed by atoms with van der Waals surface area (Å²) in [6.07, 6.45) is 1.52. The van der Waals surface area contributed by atoms with E-state index in [1.165, 1.54) is 6.21 Å². The van der Waals surface area contributed by atoms with Gasteiger partial charge >= 0.3 is 0 Å². The number of aromatic hydroxyl groups is 1. The fourth-order valence-electron chi connectivity index (χ4n) is 2.78. The lowest BCUT2D eigenvalue weighted by Gasteiger charge is -2.08. The summed E-state index contributed by atoms with van der Waals surface area (Å²) in [6.45, 7) is 0. The molecule has 0 atom stereocenters. The van der Waals surface area contributed by atoms with Crippen LogP contribution in [0.15, 0.2) is 90.0 Å². The number of halogens is 1. The molecule has 0 aliphatic rings. The highest BCUT2D eigenvalue weighted by molar-refractivity contribution is 6.30. The Hall–Kier alpha value is -3.70. The molecule has 29 heavy (non-hydrogen) atoms. The zero-order valence-corrected chi connectivity index (χ0v) is 16.1. The molecular weight excluding hydrogens is 384 g/mol. The SMILES string of the molecule is Oc1ccccc1/C=N\Nc1nc(-c2ccccc2)cc(-c2ccc(Cl)cc2)n1. The second kappa shape index (κ2) is 8.54. The number of hydrogen-bond acceptors (Lipinski definition) is 5. The zero-order chi connectivity index (χ0) is 20.1. The van der Waals surface area contributed by atoms with Gasteiger partial charge in [0.1, 0.15) is 5.75 Å². The van der Waals surface area contributed by atoms with Crippen molar-refractivity contribution >= 4 is 23.8 Å². The summed E-state index contributed by atoms with van der Waals surface area (Å²) in [5.74, 6) is 0.502. The maximum absolute atomic E-state index is 9.85. The van der Waals surface area contributed by atoms with E-state index in [0.29, 0.717) is 16.5 Å². The van der Waals surface area contributed by atoms with Crippen molar-refractivity contribution in [3.63, 3.8) is 0 Å². The standard InChI is InChI=1S/C23H17ClN4O/c24-19-12-10-17(11-13-19)21-14-20(16-6-2-1-3-7-16)26-23(27-21)28-25-15-18-8-4-5-9-22(18)29/h1-15,29H,(H,26,27,28)/b25-15-. The van der Waals surface area contributed by atoms with Crippen LogP contribution in [0.2, 0.25) is 5.02 Å². The Morgan fingerprint density at radius 1 is 0.793 bits per heavy atom. The third-order valence-corrected chi connectivity index (χ3v) is 4.49. The Morgan fingerprint density at radius 3 is 2.10 bits per heavy atom. The Bertz CT molecular complexity index is 1150. The molecule has 1 aromatic heterocycles. The number of rotatable bonds is 5. The molecule has 0 fully saturated rings. The van der Waals surface area contributed by atoms with Crippen LogP contribution in [0.5, 0.6) is 5.75 Å². The Kier molecular flexibility index (Phi) is 5.49. The van der Waals surface area contributed by atoms with Gasteiger partial charge in [-0.3, -0.25) is 0 Å². The molecule has 0 bridgehead atoms. The normalized spacial score (nSPS) is 10.9. The second-order valence-corrected chi connectivity index (χ2v) is 6.70. The van der Waals surface area contributed by atoms with E-state index in [2.05, 4.69) is 20.5 Å². The highest BCUT2D eigenvalue weighted by atomic mass is 35.5. The van der Waals surface area contributed by atoms with Crippen LogP contribution >= 0.6 is 11.6 Å². The first-order chi connectivity index (χ1) is 14.2. The van der Waals surface area contributed by atoms with Crippen LogP contribution in [-0.2, 0) is 0 Å². The number of phenolic OH excluding ortho intramolecular Hbond substituents is 1. The summed E-state index contributed by atoms with van der Waals surface area (Å²) < 4.78 is 0. The molecule has 0 aliphatic heterocycles. The molecule has 2 N–H and O–H groups in total. The van der Waals surface area contributed by atoms with Crippen molar-refractivity contribution in [3.05, 3.63) is 95.5 Å². The number of hydrazone groups is 1. The largest absolute Gasteiger partial charge is 0.507 e. The van der Waals surface area contributed by atoms with Gasteiger partial charge in [0.05, 0.1) is 17.6 Å². The van der Waals surface area contributed by atoms with Gasteiger partial charge < -0.3 is 5.11 Å². The molecule has 5 nitrogen and oxygen atoms in total. The van der Waals surface area contributed by atoms with Gasteiger partial charge in [-0.15, -0.1) is 0 Å². The lowest BCUT2D eigenvalue weighted by Crippen LogP contribution is -2.00. The molecule has 4 aromatic rings. The summed E-state index contributed by atoms with van der Waals surface area (Å²) in [6, 6.07) is 26.2. The molecular formula is C23H17ClN4O. The lowest BCUT2D eigenvalue weighted by molar-refractivity contribution is 0.474. The van der Waals surface area contributed by atoms with E-state index < -0.39 is 0 Å². The van der Waals surface area contributed by atoms with Crippen LogP contribution in [-0.4, -0.2) is 21.3 Å². The highest BCUT2D eigenvalue weighted by Crippen LogP contribution is 2.26. The van der Waals surface area contributed by atoms with E-state index in [0.717, 1.165) is 22.5 Å². The van der Waals surface area contributed by atoms with E-state index in [-0.39, 0.29) is 5.75 Å². The number of benzene rings is 3. The summed E-state index contributed by atoms with van der Waals surface area (Å²) in [4.78, 5) is 9.15. The van der Waals surface area contributed by atoms with Crippen molar-refractivity contribution in [1.82, 2.24) is 9.97 Å². The molecule has 3 aromatic carbocycles. The topological polar surface area (TPSA) is 70.4 Å². The van der Waals surface area contributed by atoms with Crippen LogP contribution in [0, 0.1) is 0 Å². The van der Waals surface area contributed by atoms with E-state index in [1.807, 2.05) is 66.7 Å². The van der Waals surface area contributed by atoms with Crippen LogP contribution < -0.4 is 5.43 Å². The summed E-state index contributed by atoms with van der Waals surface area (Å²) in [5, 5.41) is 14.7. The summed E-state index contributed by atoms with van der Waals surface area (Å²) in [5.41, 5.74) is 6.86. The van der Waals surface area contributed by atoms with Crippen molar-refractivity contribution in [2.45, 2.75) is 0 Å². The third kappa shape index (κ3) is 4.59. The monoisotopic (exact) mass is 400 g/mol. The molecule has 0 aliphatic carbocycles. The highest BCUT2D eigenvalue weighted by Gasteiger charge is 2.08. The molecule has 4 rings (SSSR count). The minimum Gasteiger partial charge on any atom is -0.507 e. The zero-order valence-electron chi connectivity index (χ0n) is 15.3. The van der Waals surface area contributed by atoms with Gasteiger partial charge in [-0.1, -0.05) is 66.2 Å². The van der Waals surface area contributed by atoms with Gasteiger partial charge in [-0.2, -0.15) is 5.10 Å². The van der Waals surface area contributed by atoms with Crippen molar-refractivity contribution in [2.24, 2.45) is 5.10 Å². The summed E-state index contributed by atoms with van der Waals surface area (Å²) >= 11 is 6.01. The van der Waals surface area contributed by atoms with Gasteiger partial charge in [0, 0.05) is 21.7 Å². The average Bonchev–Trinajstić information content (AvgIpc) is 2.76. The first kappa shape index (κ1) is 18.7. The lowest BCUT2D eigenvalue weighted by atomic mass is 10.1. The minimum atomic E-state index is 0.152. The quantitative estimate of drug-likeness (QED) is 0.337. The van der Waals surface area contributed by atoms with Crippen LogP contribution in [0.25, 0.3) is 22.5 Å². The molecule has 0 radical (unpaired) electrons.